The summed E-state index contributed by atoms with van der Waals surface area (Å²) < 4.78 is 23.5. The normalized spacial score (nSPS) is 10.1. The standard InChI is InChI=1S/C16H14FNO5/c17-13-2-5-15(6-3-13)22-8-1-9-23-16-7-4-14(18(20)21)10-12(16)11-19/h2-7,10-11H,1,8-9H2. The maximum Gasteiger partial charge on any atom is 0.270 e. The van der Waals surface area contributed by atoms with Gasteiger partial charge in [0.15, 0.2) is 6.29 Å². The van der Waals surface area contributed by atoms with Crippen LogP contribution in [0.4, 0.5) is 10.1 Å². The Balaban J connectivity index is 1.80. The highest BCUT2D eigenvalue weighted by atomic mass is 19.1. The third-order valence-corrected chi connectivity index (χ3v) is 2.96. The first-order valence-corrected chi connectivity index (χ1v) is 6.85. The van der Waals surface area contributed by atoms with Crippen LogP contribution in [0.2, 0.25) is 0 Å². The fourth-order valence-corrected chi connectivity index (χ4v) is 1.83. The molecule has 0 atom stereocenters. The first-order chi connectivity index (χ1) is 11.1. The molecule has 0 N–H and O–H groups in total. The van der Waals surface area contributed by atoms with Gasteiger partial charge in [-0.25, -0.2) is 4.39 Å². The molecule has 0 aliphatic heterocycles. The molecule has 0 saturated heterocycles. The van der Waals surface area contributed by atoms with Crippen molar-refractivity contribution in [3.63, 3.8) is 0 Å². The zero-order valence-corrected chi connectivity index (χ0v) is 12.1. The number of benzene rings is 2. The lowest BCUT2D eigenvalue weighted by Gasteiger charge is -2.09. The second-order valence-corrected chi connectivity index (χ2v) is 4.60. The van der Waals surface area contributed by atoms with E-state index in [-0.39, 0.29) is 29.4 Å². The summed E-state index contributed by atoms with van der Waals surface area (Å²) in [5.74, 6) is 0.503. The maximum atomic E-state index is 12.7. The molecule has 2 aromatic rings. The number of rotatable bonds is 8. The van der Waals surface area contributed by atoms with Crippen LogP contribution in [0.5, 0.6) is 11.5 Å². The van der Waals surface area contributed by atoms with Crippen molar-refractivity contribution in [2.75, 3.05) is 13.2 Å². The van der Waals surface area contributed by atoms with Gasteiger partial charge in [-0.1, -0.05) is 0 Å². The average Bonchev–Trinajstić information content (AvgIpc) is 2.56. The summed E-state index contributed by atoms with van der Waals surface area (Å²) >= 11 is 0. The molecule has 0 radical (unpaired) electrons. The molecule has 0 unspecified atom stereocenters. The minimum absolute atomic E-state index is 0.124. The Morgan fingerprint density at radius 2 is 1.78 bits per heavy atom. The molecule has 0 spiro atoms. The molecule has 0 saturated carbocycles. The van der Waals surface area contributed by atoms with Crippen molar-refractivity contribution in [1.82, 2.24) is 0 Å². The van der Waals surface area contributed by atoms with E-state index in [1.807, 2.05) is 0 Å². The molecule has 7 heteroatoms. The van der Waals surface area contributed by atoms with Crippen LogP contribution in [0, 0.1) is 15.9 Å². The zero-order chi connectivity index (χ0) is 16.7. The molecule has 2 aromatic carbocycles. The maximum absolute atomic E-state index is 12.7. The quantitative estimate of drug-likeness (QED) is 0.322. The van der Waals surface area contributed by atoms with Gasteiger partial charge in [0.25, 0.3) is 5.69 Å². The number of nitro benzene ring substituents is 1. The number of carbonyl (C=O) groups excluding carboxylic acids is 1. The van der Waals surface area contributed by atoms with Gasteiger partial charge in [0.1, 0.15) is 17.3 Å². The van der Waals surface area contributed by atoms with Crippen molar-refractivity contribution in [3.05, 3.63) is 64.0 Å². The number of ether oxygens (including phenoxy) is 2. The van der Waals surface area contributed by atoms with Gasteiger partial charge in [-0.3, -0.25) is 14.9 Å². The minimum Gasteiger partial charge on any atom is -0.493 e. The van der Waals surface area contributed by atoms with Gasteiger partial charge in [0.05, 0.1) is 23.7 Å². The lowest BCUT2D eigenvalue weighted by molar-refractivity contribution is -0.384. The van der Waals surface area contributed by atoms with Crippen LogP contribution in [0.3, 0.4) is 0 Å². The Hall–Kier alpha value is -2.96. The molecule has 6 nitrogen and oxygen atoms in total. The zero-order valence-electron chi connectivity index (χ0n) is 12.1. The molecule has 0 heterocycles. The van der Waals surface area contributed by atoms with Crippen molar-refractivity contribution in [2.24, 2.45) is 0 Å². The van der Waals surface area contributed by atoms with E-state index in [2.05, 4.69) is 0 Å². The van der Waals surface area contributed by atoms with E-state index in [9.17, 15) is 19.3 Å². The molecule has 0 fully saturated rings. The van der Waals surface area contributed by atoms with Crippen LogP contribution in [0.15, 0.2) is 42.5 Å². The Labute approximate surface area is 131 Å². The van der Waals surface area contributed by atoms with Gasteiger partial charge >= 0.3 is 0 Å². The van der Waals surface area contributed by atoms with Crippen LogP contribution in [0.1, 0.15) is 16.8 Å². The van der Waals surface area contributed by atoms with E-state index >= 15 is 0 Å². The number of non-ortho nitro benzene ring substituents is 1. The fourth-order valence-electron chi connectivity index (χ4n) is 1.83. The van der Waals surface area contributed by atoms with E-state index in [0.29, 0.717) is 25.1 Å². The lowest BCUT2D eigenvalue weighted by atomic mass is 10.2. The van der Waals surface area contributed by atoms with Crippen molar-refractivity contribution < 1.29 is 23.6 Å². The molecule has 0 aliphatic rings. The van der Waals surface area contributed by atoms with E-state index in [1.165, 1.54) is 36.4 Å². The van der Waals surface area contributed by atoms with Gasteiger partial charge in [-0.05, 0) is 30.3 Å². The third-order valence-electron chi connectivity index (χ3n) is 2.96. The van der Waals surface area contributed by atoms with Crippen molar-refractivity contribution in [2.45, 2.75) is 6.42 Å². The summed E-state index contributed by atoms with van der Waals surface area (Å²) in [6, 6.07) is 9.49. The highest BCUT2D eigenvalue weighted by molar-refractivity contribution is 5.80. The van der Waals surface area contributed by atoms with Gasteiger partial charge < -0.3 is 9.47 Å². The van der Waals surface area contributed by atoms with E-state index in [0.717, 1.165) is 6.07 Å². The topological polar surface area (TPSA) is 78.7 Å². The smallest absolute Gasteiger partial charge is 0.270 e. The molecule has 23 heavy (non-hydrogen) atoms. The predicted molar refractivity (Wildman–Crippen MR) is 80.5 cm³/mol. The van der Waals surface area contributed by atoms with Crippen LogP contribution in [-0.2, 0) is 0 Å². The SMILES string of the molecule is O=Cc1cc([N+](=O)[O-])ccc1OCCCOc1ccc(F)cc1. The first-order valence-electron chi connectivity index (χ1n) is 6.85. The fraction of sp³-hybridized carbons (Fsp3) is 0.188. The first kappa shape index (κ1) is 16.4. The molecule has 0 aliphatic carbocycles. The summed E-state index contributed by atoms with van der Waals surface area (Å²) in [4.78, 5) is 21.0. The van der Waals surface area contributed by atoms with Gasteiger partial charge in [0.2, 0.25) is 0 Å². The number of carbonyl (C=O) groups is 1. The number of hydrogen-bond donors (Lipinski definition) is 0. The summed E-state index contributed by atoms with van der Waals surface area (Å²) in [6.45, 7) is 0.634. The third kappa shape index (κ3) is 4.77. The second kappa shape index (κ2) is 7.88. The van der Waals surface area contributed by atoms with Crippen molar-refractivity contribution in [3.8, 4) is 11.5 Å². The molecule has 0 aromatic heterocycles. The number of hydrogen-bond acceptors (Lipinski definition) is 5. The van der Waals surface area contributed by atoms with Gasteiger partial charge in [-0.15, -0.1) is 0 Å². The Kier molecular flexibility index (Phi) is 5.62. The molecule has 2 rings (SSSR count). The van der Waals surface area contributed by atoms with Crippen LogP contribution >= 0.6 is 0 Å². The van der Waals surface area contributed by atoms with Crippen molar-refractivity contribution in [1.29, 1.82) is 0 Å². The van der Waals surface area contributed by atoms with Crippen LogP contribution < -0.4 is 9.47 Å². The Morgan fingerprint density at radius 1 is 1.09 bits per heavy atom. The predicted octanol–water partition coefficient (Wildman–Crippen LogP) is 3.39. The van der Waals surface area contributed by atoms with Gasteiger partial charge in [0, 0.05) is 18.6 Å². The summed E-state index contributed by atoms with van der Waals surface area (Å²) in [5, 5.41) is 10.6. The number of halogens is 1. The largest absolute Gasteiger partial charge is 0.493 e. The summed E-state index contributed by atoms with van der Waals surface area (Å²) in [7, 11) is 0. The molecule has 120 valence electrons. The molecule has 0 amide bonds. The molecule has 0 bridgehead atoms. The second-order valence-electron chi connectivity index (χ2n) is 4.60. The minimum atomic E-state index is -0.576. The van der Waals surface area contributed by atoms with Gasteiger partial charge in [-0.2, -0.15) is 0 Å². The van der Waals surface area contributed by atoms with Crippen LogP contribution in [0.25, 0.3) is 0 Å². The van der Waals surface area contributed by atoms with Crippen LogP contribution in [-0.4, -0.2) is 24.4 Å². The number of nitrogens with zero attached hydrogens (tertiary/aromatic N) is 1. The van der Waals surface area contributed by atoms with E-state index in [1.54, 1.807) is 0 Å². The Bertz CT molecular complexity index is 687. The molecular weight excluding hydrogens is 305 g/mol. The highest BCUT2D eigenvalue weighted by Crippen LogP contribution is 2.22. The van der Waals surface area contributed by atoms with E-state index < -0.39 is 4.92 Å². The average molecular weight is 319 g/mol. The number of nitro groups is 1. The highest BCUT2D eigenvalue weighted by Gasteiger charge is 2.11. The summed E-state index contributed by atoms with van der Waals surface area (Å²) in [5.41, 5.74) is -0.0438. The Morgan fingerprint density at radius 3 is 2.43 bits per heavy atom. The lowest BCUT2D eigenvalue weighted by Crippen LogP contribution is -2.06. The summed E-state index contributed by atoms with van der Waals surface area (Å²) in [6.07, 6.45) is 1.05. The van der Waals surface area contributed by atoms with E-state index in [4.69, 9.17) is 9.47 Å². The molecular formula is C16H14FNO5. The van der Waals surface area contributed by atoms with Crippen molar-refractivity contribution >= 4 is 12.0 Å². The monoisotopic (exact) mass is 319 g/mol. The number of aldehydes is 1.